The van der Waals surface area contributed by atoms with Crippen molar-refractivity contribution in [1.82, 2.24) is 0 Å². The Morgan fingerprint density at radius 2 is 1.36 bits per heavy atom. The molecule has 0 unspecified atom stereocenters. The zero-order valence-corrected chi connectivity index (χ0v) is 12.2. The number of hydrogen-bond donors (Lipinski definition) is 0. The maximum atomic E-state index is 2.34. The van der Waals surface area contributed by atoms with Crippen LogP contribution in [-0.4, -0.2) is 30.7 Å². The summed E-state index contributed by atoms with van der Waals surface area (Å²) in [5.41, 5.74) is 0. The van der Waals surface area contributed by atoms with Crippen LogP contribution in [0.3, 0.4) is 0 Å². The van der Waals surface area contributed by atoms with Gasteiger partial charge in [-0.3, -0.25) is 0 Å². The maximum Gasteiger partial charge on any atom is 0.0809 e. The molecule has 0 radical (unpaired) electrons. The van der Waals surface area contributed by atoms with Gasteiger partial charge in [0.2, 0.25) is 0 Å². The Balaban J connectivity index is 0. The molecule has 0 N–H and O–H groups in total. The standard InChI is InChI=1S/C12H28N.BrH/c1-6-9-13(8-3,10-7-2)11-12(4)5;/h12H,6-11H2,1-5H3;1H/q+1;/p-1. The molecule has 0 amide bonds. The van der Waals surface area contributed by atoms with Crippen molar-refractivity contribution < 1.29 is 21.5 Å². The molecule has 0 saturated heterocycles. The van der Waals surface area contributed by atoms with Crippen LogP contribution < -0.4 is 17.0 Å². The Morgan fingerprint density at radius 1 is 0.929 bits per heavy atom. The molecule has 0 aliphatic rings. The SMILES string of the molecule is CCC[N+](CC)(CCC)CC(C)C.[Br-]. The minimum Gasteiger partial charge on any atom is -1.00 e. The van der Waals surface area contributed by atoms with E-state index in [2.05, 4.69) is 34.6 Å². The summed E-state index contributed by atoms with van der Waals surface area (Å²) in [4.78, 5) is 0. The van der Waals surface area contributed by atoms with Gasteiger partial charge in [0.15, 0.2) is 0 Å². The topological polar surface area (TPSA) is 0 Å². The van der Waals surface area contributed by atoms with Crippen molar-refractivity contribution >= 4 is 0 Å². The van der Waals surface area contributed by atoms with Gasteiger partial charge in [0, 0.05) is 5.92 Å². The molecule has 0 atom stereocenters. The maximum absolute atomic E-state index is 2.34. The fourth-order valence-corrected chi connectivity index (χ4v) is 2.46. The van der Waals surface area contributed by atoms with Crippen molar-refractivity contribution in [1.29, 1.82) is 0 Å². The molecule has 0 aliphatic heterocycles. The van der Waals surface area contributed by atoms with Crippen LogP contribution in [-0.2, 0) is 0 Å². The molecule has 0 aromatic rings. The van der Waals surface area contributed by atoms with Gasteiger partial charge >= 0.3 is 0 Å². The second kappa shape index (κ2) is 8.72. The Labute approximate surface area is 101 Å². The molecule has 0 aromatic carbocycles. The van der Waals surface area contributed by atoms with Gasteiger partial charge in [0.05, 0.1) is 26.2 Å². The van der Waals surface area contributed by atoms with E-state index < -0.39 is 0 Å². The van der Waals surface area contributed by atoms with Gasteiger partial charge in [-0.1, -0.05) is 27.7 Å². The van der Waals surface area contributed by atoms with Crippen LogP contribution in [0.25, 0.3) is 0 Å². The van der Waals surface area contributed by atoms with Crippen molar-refractivity contribution in [3.05, 3.63) is 0 Å². The van der Waals surface area contributed by atoms with Crippen LogP contribution >= 0.6 is 0 Å². The zero-order chi connectivity index (χ0) is 10.3. The largest absolute Gasteiger partial charge is 1.00 e. The van der Waals surface area contributed by atoms with E-state index in [0.717, 1.165) is 5.92 Å². The van der Waals surface area contributed by atoms with Gasteiger partial charge in [-0.05, 0) is 19.8 Å². The summed E-state index contributed by atoms with van der Waals surface area (Å²) >= 11 is 0. The van der Waals surface area contributed by atoms with E-state index in [1.54, 1.807) is 0 Å². The first-order chi connectivity index (χ1) is 6.10. The van der Waals surface area contributed by atoms with E-state index in [-0.39, 0.29) is 17.0 Å². The Morgan fingerprint density at radius 3 is 1.57 bits per heavy atom. The van der Waals surface area contributed by atoms with E-state index in [1.807, 2.05) is 0 Å². The van der Waals surface area contributed by atoms with Gasteiger partial charge in [-0.15, -0.1) is 0 Å². The first-order valence-corrected chi connectivity index (χ1v) is 5.95. The molecule has 0 bridgehead atoms. The third-order valence-corrected chi connectivity index (χ3v) is 2.82. The van der Waals surface area contributed by atoms with Gasteiger partial charge in [-0.25, -0.2) is 0 Å². The molecule has 0 spiro atoms. The first-order valence-electron chi connectivity index (χ1n) is 5.95. The van der Waals surface area contributed by atoms with E-state index >= 15 is 0 Å². The molecule has 0 saturated carbocycles. The molecule has 0 aromatic heterocycles. The Hall–Kier alpha value is 0.440. The third kappa shape index (κ3) is 6.02. The summed E-state index contributed by atoms with van der Waals surface area (Å²) in [6.45, 7) is 17.0. The Kier molecular flexibility index (Phi) is 10.5. The monoisotopic (exact) mass is 265 g/mol. The second-order valence-electron chi connectivity index (χ2n) is 4.68. The van der Waals surface area contributed by atoms with Crippen LogP contribution in [0.2, 0.25) is 0 Å². The lowest BCUT2D eigenvalue weighted by Gasteiger charge is -2.39. The lowest BCUT2D eigenvalue weighted by Crippen LogP contribution is -3.00. The molecular weight excluding hydrogens is 238 g/mol. The fraction of sp³-hybridized carbons (Fsp3) is 1.00. The number of halogens is 1. The highest BCUT2D eigenvalue weighted by atomic mass is 79.9. The van der Waals surface area contributed by atoms with Crippen molar-refractivity contribution in [3.63, 3.8) is 0 Å². The molecule has 14 heavy (non-hydrogen) atoms. The van der Waals surface area contributed by atoms with Crippen LogP contribution in [0, 0.1) is 5.92 Å². The van der Waals surface area contributed by atoms with Crippen LogP contribution in [0.15, 0.2) is 0 Å². The van der Waals surface area contributed by atoms with E-state index in [0.29, 0.717) is 0 Å². The summed E-state index contributed by atoms with van der Waals surface area (Å²) < 4.78 is 1.34. The third-order valence-electron chi connectivity index (χ3n) is 2.82. The molecule has 2 heteroatoms. The number of quaternary nitrogens is 1. The Bertz CT molecular complexity index is 117. The summed E-state index contributed by atoms with van der Waals surface area (Å²) in [6.07, 6.45) is 2.64. The van der Waals surface area contributed by atoms with E-state index in [1.165, 1.54) is 43.5 Å². The zero-order valence-electron chi connectivity index (χ0n) is 10.6. The van der Waals surface area contributed by atoms with Crippen molar-refractivity contribution in [3.8, 4) is 0 Å². The molecule has 88 valence electrons. The van der Waals surface area contributed by atoms with E-state index in [4.69, 9.17) is 0 Å². The van der Waals surface area contributed by atoms with Gasteiger partial charge in [0.25, 0.3) is 0 Å². The van der Waals surface area contributed by atoms with E-state index in [9.17, 15) is 0 Å². The van der Waals surface area contributed by atoms with Gasteiger partial charge < -0.3 is 21.5 Å². The smallest absolute Gasteiger partial charge is 0.0809 e. The summed E-state index contributed by atoms with van der Waals surface area (Å²) in [7, 11) is 0. The molecular formula is C12H28BrN. The van der Waals surface area contributed by atoms with Crippen LogP contribution in [0.4, 0.5) is 0 Å². The van der Waals surface area contributed by atoms with Gasteiger partial charge in [0.1, 0.15) is 0 Å². The minimum absolute atomic E-state index is 0. The normalized spacial score (nSPS) is 11.6. The summed E-state index contributed by atoms with van der Waals surface area (Å²) in [5.74, 6) is 0.832. The van der Waals surface area contributed by atoms with Crippen LogP contribution in [0.1, 0.15) is 47.5 Å². The molecule has 0 aliphatic carbocycles. The molecule has 1 nitrogen and oxygen atoms in total. The lowest BCUT2D eigenvalue weighted by atomic mass is 10.1. The lowest BCUT2D eigenvalue weighted by molar-refractivity contribution is -0.929. The predicted octanol–water partition coefficient (Wildman–Crippen LogP) is 0.303. The number of rotatable bonds is 7. The minimum atomic E-state index is 0. The summed E-state index contributed by atoms with van der Waals surface area (Å²) in [5, 5.41) is 0. The highest BCUT2D eigenvalue weighted by molar-refractivity contribution is 4.47. The van der Waals surface area contributed by atoms with Gasteiger partial charge in [-0.2, -0.15) is 0 Å². The predicted molar refractivity (Wildman–Crippen MR) is 60.8 cm³/mol. The second-order valence-corrected chi connectivity index (χ2v) is 4.68. The molecule has 0 rings (SSSR count). The average Bonchev–Trinajstić information content (AvgIpc) is 2.04. The quantitative estimate of drug-likeness (QED) is 0.582. The molecule has 0 heterocycles. The highest BCUT2D eigenvalue weighted by Crippen LogP contribution is 2.13. The van der Waals surface area contributed by atoms with Crippen molar-refractivity contribution in [2.75, 3.05) is 26.2 Å². The average molecular weight is 266 g/mol. The number of hydrogen-bond acceptors (Lipinski definition) is 0. The van der Waals surface area contributed by atoms with Crippen molar-refractivity contribution in [2.45, 2.75) is 47.5 Å². The number of nitrogens with zero attached hydrogens (tertiary/aromatic N) is 1. The first kappa shape index (κ1) is 16.9. The molecule has 0 fully saturated rings. The fourth-order valence-electron chi connectivity index (χ4n) is 2.46. The van der Waals surface area contributed by atoms with Crippen molar-refractivity contribution in [2.24, 2.45) is 5.92 Å². The van der Waals surface area contributed by atoms with Crippen LogP contribution in [0.5, 0.6) is 0 Å². The summed E-state index contributed by atoms with van der Waals surface area (Å²) in [6, 6.07) is 0. The highest BCUT2D eigenvalue weighted by Gasteiger charge is 2.23.